The summed E-state index contributed by atoms with van der Waals surface area (Å²) in [6.07, 6.45) is 0. The minimum atomic E-state index is 0. The Morgan fingerprint density at radius 1 is 1.50 bits per heavy atom. The lowest BCUT2D eigenvalue weighted by Crippen LogP contribution is -1.48. The van der Waals surface area contributed by atoms with Crippen molar-refractivity contribution in [3.63, 3.8) is 0 Å². The highest BCUT2D eigenvalue weighted by atomic mass is 79.9. The van der Waals surface area contributed by atoms with Crippen molar-refractivity contribution in [2.45, 2.75) is 13.8 Å². The summed E-state index contributed by atoms with van der Waals surface area (Å²) < 4.78 is 0. The highest BCUT2D eigenvalue weighted by Gasteiger charge is 1.62. The van der Waals surface area contributed by atoms with Crippen molar-refractivity contribution >= 4 is 39.0 Å². The lowest BCUT2D eigenvalue weighted by atomic mass is 10.4. The van der Waals surface area contributed by atoms with E-state index in [4.69, 9.17) is 0 Å². The minimum Gasteiger partial charge on any atom is -0.0695 e. The molecule has 0 unspecified atom stereocenters. The molecular weight excluding hydrogens is 152 g/mol. The van der Waals surface area contributed by atoms with E-state index in [0.717, 1.165) is 0 Å². The van der Waals surface area contributed by atoms with E-state index in [2.05, 4.69) is 15.9 Å². The van der Waals surface area contributed by atoms with Crippen LogP contribution in [0.4, 0.5) is 0 Å². The van der Waals surface area contributed by atoms with Crippen molar-refractivity contribution in [3.05, 3.63) is 10.6 Å². The van der Waals surface area contributed by atoms with Crippen LogP contribution in [-0.2, 0) is 0 Å². The standard InChI is InChI=1S/C4H7Br.Mg.2H/c1-4(2)3-5;;;/h3H,1-2H3;;;. The zero-order valence-corrected chi connectivity index (χ0v) is 5.04. The lowest BCUT2D eigenvalue weighted by Gasteiger charge is -1.72. The molecule has 2 heteroatoms. The van der Waals surface area contributed by atoms with E-state index in [0.29, 0.717) is 0 Å². The average Bonchev–Trinajstić information content (AvgIpc) is 1.38. The van der Waals surface area contributed by atoms with E-state index in [9.17, 15) is 0 Å². The molecule has 0 bridgehead atoms. The molecule has 34 valence electrons. The maximum Gasteiger partial charge on any atom is 0.316 e. The third kappa shape index (κ3) is 8.88. The lowest BCUT2D eigenvalue weighted by molar-refractivity contribution is 1.42. The fourth-order valence-corrected chi connectivity index (χ4v) is 0. The van der Waals surface area contributed by atoms with E-state index in [1.165, 1.54) is 5.57 Å². The molecule has 0 atom stereocenters. The predicted octanol–water partition coefficient (Wildman–Crippen LogP) is 1.39. The van der Waals surface area contributed by atoms with Gasteiger partial charge < -0.3 is 0 Å². The molecule has 0 aliphatic carbocycles. The molecule has 0 amide bonds. The molecule has 0 saturated heterocycles. The van der Waals surface area contributed by atoms with Crippen molar-refractivity contribution < 1.29 is 0 Å². The van der Waals surface area contributed by atoms with Gasteiger partial charge in [-0.2, -0.15) is 0 Å². The summed E-state index contributed by atoms with van der Waals surface area (Å²) in [4.78, 5) is 1.90. The zero-order chi connectivity index (χ0) is 4.28. The van der Waals surface area contributed by atoms with E-state index >= 15 is 0 Å². The van der Waals surface area contributed by atoms with Crippen LogP contribution in [0.15, 0.2) is 10.6 Å². The van der Waals surface area contributed by atoms with Crippen LogP contribution in [0, 0.1) is 0 Å². The molecule has 0 aliphatic rings. The number of halogens is 1. The van der Waals surface area contributed by atoms with Crippen LogP contribution in [-0.4, -0.2) is 23.1 Å². The molecule has 0 radical (unpaired) electrons. The summed E-state index contributed by atoms with van der Waals surface area (Å²) in [5.74, 6) is 0. The summed E-state index contributed by atoms with van der Waals surface area (Å²) in [6, 6.07) is 0. The van der Waals surface area contributed by atoms with Gasteiger partial charge in [0.25, 0.3) is 0 Å². The van der Waals surface area contributed by atoms with Gasteiger partial charge in [0.1, 0.15) is 0 Å². The van der Waals surface area contributed by atoms with Crippen LogP contribution >= 0.6 is 15.9 Å². The highest BCUT2D eigenvalue weighted by Crippen LogP contribution is 1.91. The monoisotopic (exact) mass is 160 g/mol. The minimum absolute atomic E-state index is 0. The Kier molecular flexibility index (Phi) is 10.0. The van der Waals surface area contributed by atoms with E-state index in [1.54, 1.807) is 0 Å². The molecule has 0 N–H and O–H groups in total. The van der Waals surface area contributed by atoms with Gasteiger partial charge in [0, 0.05) is 0 Å². The maximum absolute atomic E-state index is 3.15. The number of allylic oxidation sites excluding steroid dienone is 1. The fraction of sp³-hybridized carbons (Fsp3) is 0.500. The Balaban J connectivity index is 0. The number of hydrogen-bond acceptors (Lipinski definition) is 0. The molecule has 0 rings (SSSR count). The van der Waals surface area contributed by atoms with Crippen LogP contribution in [0.25, 0.3) is 0 Å². The SMILES string of the molecule is CC(C)=CBr.[MgH2]. The topological polar surface area (TPSA) is 0 Å². The first-order valence-corrected chi connectivity index (χ1v) is 2.42. The molecule has 0 saturated carbocycles. The van der Waals surface area contributed by atoms with Crippen molar-refractivity contribution in [1.82, 2.24) is 0 Å². The molecule has 6 heavy (non-hydrogen) atoms. The van der Waals surface area contributed by atoms with Crippen molar-refractivity contribution in [2.24, 2.45) is 0 Å². The van der Waals surface area contributed by atoms with E-state index in [-0.39, 0.29) is 23.1 Å². The summed E-state index contributed by atoms with van der Waals surface area (Å²) >= 11 is 3.15. The van der Waals surface area contributed by atoms with Gasteiger partial charge in [-0.25, -0.2) is 0 Å². The predicted molar refractivity (Wildman–Crippen MR) is 36.9 cm³/mol. The second kappa shape index (κ2) is 5.99. The smallest absolute Gasteiger partial charge is 0.0695 e. The Hall–Kier alpha value is 0.986. The second-order valence-corrected chi connectivity index (χ2v) is 1.64. The van der Waals surface area contributed by atoms with Crippen molar-refractivity contribution in [2.75, 3.05) is 0 Å². The van der Waals surface area contributed by atoms with Crippen LogP contribution in [0.3, 0.4) is 0 Å². The molecule has 0 aromatic rings. The zero-order valence-electron chi connectivity index (χ0n) is 3.46. The summed E-state index contributed by atoms with van der Waals surface area (Å²) in [6.45, 7) is 4.07. The molecule has 0 aromatic heterocycles. The fourth-order valence-electron chi connectivity index (χ4n) is 0. The largest absolute Gasteiger partial charge is 0.316 e. The number of hydrogen-bond donors (Lipinski definition) is 0. The molecule has 0 aromatic carbocycles. The van der Waals surface area contributed by atoms with Gasteiger partial charge in [-0.1, -0.05) is 21.5 Å². The molecule has 0 heterocycles. The Morgan fingerprint density at radius 2 is 1.67 bits per heavy atom. The van der Waals surface area contributed by atoms with Gasteiger partial charge in [0.2, 0.25) is 0 Å². The summed E-state index contributed by atoms with van der Waals surface area (Å²) in [5.41, 5.74) is 1.30. The first-order valence-electron chi connectivity index (χ1n) is 1.51. The van der Waals surface area contributed by atoms with Gasteiger partial charge in [-0.05, 0) is 18.8 Å². The first-order chi connectivity index (χ1) is 2.27. The van der Waals surface area contributed by atoms with Crippen LogP contribution in [0.1, 0.15) is 13.8 Å². The van der Waals surface area contributed by atoms with E-state index < -0.39 is 0 Å². The Morgan fingerprint density at radius 3 is 1.67 bits per heavy atom. The first kappa shape index (κ1) is 10.1. The molecule has 0 fully saturated rings. The third-order valence-electron chi connectivity index (χ3n) is 0.218. The van der Waals surface area contributed by atoms with Crippen LogP contribution in [0.5, 0.6) is 0 Å². The quantitative estimate of drug-likeness (QED) is 0.471. The van der Waals surface area contributed by atoms with Crippen LogP contribution in [0.2, 0.25) is 0 Å². The Labute approximate surface area is 63.3 Å². The summed E-state index contributed by atoms with van der Waals surface area (Å²) in [5, 5.41) is 0. The normalized spacial score (nSPS) is 5.83. The number of rotatable bonds is 0. The van der Waals surface area contributed by atoms with Gasteiger partial charge in [-0.15, -0.1) is 0 Å². The second-order valence-electron chi connectivity index (χ2n) is 1.19. The Bertz CT molecular complexity index is 45.5. The van der Waals surface area contributed by atoms with Gasteiger partial charge in [0.05, 0.1) is 0 Å². The highest BCUT2D eigenvalue weighted by molar-refractivity contribution is 9.11. The van der Waals surface area contributed by atoms with E-state index in [1.807, 2.05) is 18.8 Å². The molecule has 0 aliphatic heterocycles. The van der Waals surface area contributed by atoms with Gasteiger partial charge in [-0.3, -0.25) is 0 Å². The van der Waals surface area contributed by atoms with Gasteiger partial charge in [0.15, 0.2) is 0 Å². The average molecular weight is 161 g/mol. The summed E-state index contributed by atoms with van der Waals surface area (Å²) in [7, 11) is 0. The third-order valence-corrected chi connectivity index (χ3v) is 1.13. The van der Waals surface area contributed by atoms with Crippen LogP contribution < -0.4 is 0 Å². The van der Waals surface area contributed by atoms with Gasteiger partial charge >= 0.3 is 23.1 Å². The maximum atomic E-state index is 3.15. The van der Waals surface area contributed by atoms with Crippen molar-refractivity contribution in [3.8, 4) is 0 Å². The molecular formula is C4H9BrMg. The van der Waals surface area contributed by atoms with Crippen molar-refractivity contribution in [1.29, 1.82) is 0 Å². The molecule has 0 nitrogen and oxygen atoms in total. The molecule has 0 spiro atoms.